The summed E-state index contributed by atoms with van der Waals surface area (Å²) >= 11 is 3.36. The lowest BCUT2D eigenvalue weighted by Crippen LogP contribution is -2.32. The average Bonchev–Trinajstić information content (AvgIpc) is 2.31. The molecule has 0 bridgehead atoms. The molecule has 1 unspecified atom stereocenters. The summed E-state index contributed by atoms with van der Waals surface area (Å²) in [5.74, 6) is 0.549. The zero-order valence-corrected chi connectivity index (χ0v) is 13.8. The highest BCUT2D eigenvalue weighted by atomic mass is 79.9. The summed E-state index contributed by atoms with van der Waals surface area (Å²) in [7, 11) is 0. The van der Waals surface area contributed by atoms with Crippen LogP contribution in [-0.4, -0.2) is 12.6 Å². The molecule has 0 radical (unpaired) electrons. The molecule has 1 nitrogen and oxygen atoms in total. The summed E-state index contributed by atoms with van der Waals surface area (Å²) in [6.45, 7) is 7.69. The Labute approximate surface area is 125 Å². The molecular weight excluding hydrogens is 305 g/mol. The Morgan fingerprint density at radius 2 is 1.95 bits per heavy atom. The maximum atomic E-state index is 13.4. The molecule has 0 fully saturated rings. The lowest BCUT2D eigenvalue weighted by molar-refractivity contribution is 0.427. The summed E-state index contributed by atoms with van der Waals surface area (Å²) in [5, 5.41) is 3.57. The van der Waals surface area contributed by atoms with Crippen LogP contribution in [0.2, 0.25) is 0 Å². The van der Waals surface area contributed by atoms with Crippen molar-refractivity contribution in [3.8, 4) is 0 Å². The van der Waals surface area contributed by atoms with Crippen molar-refractivity contribution in [2.75, 3.05) is 6.54 Å². The lowest BCUT2D eigenvalue weighted by atomic mass is 9.97. The quantitative estimate of drug-likeness (QED) is 0.712. The molecule has 0 heterocycles. The van der Waals surface area contributed by atoms with Gasteiger partial charge in [0.1, 0.15) is 5.82 Å². The highest BCUT2D eigenvalue weighted by Crippen LogP contribution is 2.18. The fraction of sp³-hybridized carbons (Fsp3) is 0.625. The van der Waals surface area contributed by atoms with Crippen molar-refractivity contribution in [3.05, 3.63) is 34.1 Å². The largest absolute Gasteiger partial charge is 0.314 e. The second-order valence-corrected chi connectivity index (χ2v) is 6.52. The Bertz CT molecular complexity index is 359. The molecule has 108 valence electrons. The zero-order valence-electron chi connectivity index (χ0n) is 12.2. The maximum Gasteiger partial charge on any atom is 0.124 e. The van der Waals surface area contributed by atoms with Crippen molar-refractivity contribution in [2.45, 2.75) is 52.5 Å². The van der Waals surface area contributed by atoms with E-state index in [1.165, 1.54) is 12.5 Å². The molecule has 0 saturated heterocycles. The van der Waals surface area contributed by atoms with Crippen LogP contribution in [0, 0.1) is 11.7 Å². The molecule has 1 atom stereocenters. The number of halogens is 2. The van der Waals surface area contributed by atoms with Gasteiger partial charge in [-0.2, -0.15) is 0 Å². The molecule has 1 aromatic carbocycles. The summed E-state index contributed by atoms with van der Waals surface area (Å²) in [6, 6.07) is 5.60. The van der Waals surface area contributed by atoms with E-state index in [0.717, 1.165) is 35.8 Å². The minimum absolute atomic E-state index is 0.164. The Balaban J connectivity index is 2.63. The van der Waals surface area contributed by atoms with Crippen LogP contribution in [0.4, 0.5) is 4.39 Å². The van der Waals surface area contributed by atoms with Crippen LogP contribution in [0.25, 0.3) is 0 Å². The Morgan fingerprint density at radius 1 is 1.21 bits per heavy atom. The van der Waals surface area contributed by atoms with Gasteiger partial charge in [0.15, 0.2) is 0 Å². The summed E-state index contributed by atoms with van der Waals surface area (Å²) in [6.07, 6.45) is 4.37. The minimum Gasteiger partial charge on any atom is -0.314 e. The van der Waals surface area contributed by atoms with Crippen LogP contribution in [0.15, 0.2) is 22.7 Å². The lowest BCUT2D eigenvalue weighted by Gasteiger charge is -2.20. The van der Waals surface area contributed by atoms with E-state index in [0.29, 0.717) is 12.0 Å². The van der Waals surface area contributed by atoms with E-state index in [4.69, 9.17) is 0 Å². The van der Waals surface area contributed by atoms with E-state index in [9.17, 15) is 4.39 Å². The number of benzene rings is 1. The smallest absolute Gasteiger partial charge is 0.124 e. The molecule has 0 saturated carbocycles. The van der Waals surface area contributed by atoms with Crippen LogP contribution in [0.5, 0.6) is 0 Å². The Hall–Kier alpha value is -0.410. The predicted octanol–water partition coefficient (Wildman–Crippen LogP) is 4.94. The normalized spacial score (nSPS) is 12.9. The van der Waals surface area contributed by atoms with Gasteiger partial charge in [0.2, 0.25) is 0 Å². The van der Waals surface area contributed by atoms with Gasteiger partial charge >= 0.3 is 0 Å². The molecule has 0 amide bonds. The molecular formula is C16H25BrFN. The fourth-order valence-electron chi connectivity index (χ4n) is 2.17. The predicted molar refractivity (Wildman–Crippen MR) is 84.0 cm³/mol. The second kappa shape index (κ2) is 8.70. The first-order chi connectivity index (χ1) is 9.01. The van der Waals surface area contributed by atoms with Crippen LogP contribution in [-0.2, 0) is 6.42 Å². The molecule has 3 heteroatoms. The number of rotatable bonds is 8. The molecule has 0 aliphatic rings. The molecule has 1 N–H and O–H groups in total. The van der Waals surface area contributed by atoms with Crippen LogP contribution in [0.1, 0.15) is 45.6 Å². The number of hydrogen-bond acceptors (Lipinski definition) is 1. The van der Waals surface area contributed by atoms with Gasteiger partial charge in [-0.1, -0.05) is 36.7 Å². The van der Waals surface area contributed by atoms with Gasteiger partial charge in [-0.05, 0) is 61.9 Å². The molecule has 0 aromatic heterocycles. The maximum absolute atomic E-state index is 13.4. The summed E-state index contributed by atoms with van der Waals surface area (Å²) in [4.78, 5) is 0. The highest BCUT2D eigenvalue weighted by Gasteiger charge is 2.11. The van der Waals surface area contributed by atoms with Crippen molar-refractivity contribution in [3.63, 3.8) is 0 Å². The molecule has 1 aromatic rings. The van der Waals surface area contributed by atoms with E-state index >= 15 is 0 Å². The zero-order chi connectivity index (χ0) is 14.3. The highest BCUT2D eigenvalue weighted by molar-refractivity contribution is 9.10. The van der Waals surface area contributed by atoms with E-state index in [1.54, 1.807) is 6.07 Å². The third-order valence-corrected chi connectivity index (χ3v) is 3.64. The first-order valence-corrected chi connectivity index (χ1v) is 7.99. The SMILES string of the molecule is CCCNC(CCC(C)C)Cc1cc(F)cc(Br)c1. The van der Waals surface area contributed by atoms with E-state index in [2.05, 4.69) is 42.0 Å². The number of nitrogens with one attached hydrogen (secondary N) is 1. The van der Waals surface area contributed by atoms with Gasteiger partial charge in [-0.3, -0.25) is 0 Å². The van der Waals surface area contributed by atoms with E-state index in [-0.39, 0.29) is 5.82 Å². The average molecular weight is 330 g/mol. The second-order valence-electron chi connectivity index (χ2n) is 5.60. The fourth-order valence-corrected chi connectivity index (χ4v) is 2.69. The summed E-state index contributed by atoms with van der Waals surface area (Å²) in [5.41, 5.74) is 1.06. The number of hydrogen-bond donors (Lipinski definition) is 1. The van der Waals surface area contributed by atoms with Crippen molar-refractivity contribution >= 4 is 15.9 Å². The monoisotopic (exact) mass is 329 g/mol. The van der Waals surface area contributed by atoms with Crippen molar-refractivity contribution in [2.24, 2.45) is 5.92 Å². The molecule has 0 aliphatic carbocycles. The Morgan fingerprint density at radius 3 is 2.53 bits per heavy atom. The van der Waals surface area contributed by atoms with Crippen molar-refractivity contribution in [1.29, 1.82) is 0 Å². The van der Waals surface area contributed by atoms with Crippen LogP contribution >= 0.6 is 15.9 Å². The topological polar surface area (TPSA) is 12.0 Å². The molecule has 19 heavy (non-hydrogen) atoms. The van der Waals surface area contributed by atoms with Gasteiger partial charge < -0.3 is 5.32 Å². The van der Waals surface area contributed by atoms with Gasteiger partial charge in [-0.25, -0.2) is 4.39 Å². The standard InChI is InChI=1S/C16H25BrFN/c1-4-7-19-16(6-5-12(2)3)10-13-8-14(17)11-15(18)9-13/h8-9,11-12,16,19H,4-7,10H2,1-3H3. The third-order valence-electron chi connectivity index (χ3n) is 3.18. The molecule has 0 spiro atoms. The molecule has 1 rings (SSSR count). The first kappa shape index (κ1) is 16.6. The van der Waals surface area contributed by atoms with Gasteiger partial charge in [0.05, 0.1) is 0 Å². The van der Waals surface area contributed by atoms with Crippen LogP contribution < -0.4 is 5.32 Å². The van der Waals surface area contributed by atoms with Gasteiger partial charge in [-0.15, -0.1) is 0 Å². The van der Waals surface area contributed by atoms with Crippen molar-refractivity contribution in [1.82, 2.24) is 5.32 Å². The third kappa shape index (κ3) is 7.07. The van der Waals surface area contributed by atoms with Crippen LogP contribution in [0.3, 0.4) is 0 Å². The first-order valence-electron chi connectivity index (χ1n) is 7.19. The molecule has 0 aliphatic heterocycles. The Kier molecular flexibility index (Phi) is 7.62. The summed E-state index contributed by atoms with van der Waals surface area (Å²) < 4.78 is 14.2. The van der Waals surface area contributed by atoms with E-state index < -0.39 is 0 Å². The van der Waals surface area contributed by atoms with Crippen molar-refractivity contribution < 1.29 is 4.39 Å². The van der Waals surface area contributed by atoms with E-state index in [1.807, 2.05) is 6.07 Å². The minimum atomic E-state index is -0.164. The van der Waals surface area contributed by atoms with Gasteiger partial charge in [0, 0.05) is 10.5 Å². The van der Waals surface area contributed by atoms with Gasteiger partial charge in [0.25, 0.3) is 0 Å².